The predicted octanol–water partition coefficient (Wildman–Crippen LogP) is 0.690. The van der Waals surface area contributed by atoms with E-state index in [1.54, 1.807) is 0 Å². The summed E-state index contributed by atoms with van der Waals surface area (Å²) in [6, 6.07) is 0. The second-order valence-corrected chi connectivity index (χ2v) is 3.73. The van der Waals surface area contributed by atoms with Gasteiger partial charge in [0.15, 0.2) is 0 Å². The zero-order valence-corrected chi connectivity index (χ0v) is 9.85. The van der Waals surface area contributed by atoms with Gasteiger partial charge < -0.3 is 15.8 Å². The minimum Gasteiger partial charge on any atom is -0.381 e. The van der Waals surface area contributed by atoms with Crippen molar-refractivity contribution < 1.29 is 9.53 Å². The topological polar surface area (TPSA) is 64.3 Å². The van der Waals surface area contributed by atoms with Crippen molar-refractivity contribution >= 4 is 18.3 Å². The number of amides is 1. The zero-order valence-electron chi connectivity index (χ0n) is 9.04. The van der Waals surface area contributed by atoms with Crippen molar-refractivity contribution in [2.24, 2.45) is 11.7 Å². The summed E-state index contributed by atoms with van der Waals surface area (Å²) in [6.07, 6.45) is 3.82. The lowest BCUT2D eigenvalue weighted by Crippen LogP contribution is -2.29. The average molecular weight is 237 g/mol. The Bertz CT molecular complexity index is 173. The van der Waals surface area contributed by atoms with Gasteiger partial charge in [-0.15, -0.1) is 12.4 Å². The number of halogens is 1. The molecule has 0 atom stereocenters. The normalized spacial score (nSPS) is 16.9. The van der Waals surface area contributed by atoms with Crippen LogP contribution in [0.15, 0.2) is 0 Å². The van der Waals surface area contributed by atoms with Gasteiger partial charge in [-0.1, -0.05) is 0 Å². The summed E-state index contributed by atoms with van der Waals surface area (Å²) in [5.74, 6) is 0.800. The first-order valence-electron chi connectivity index (χ1n) is 5.37. The molecule has 1 aliphatic heterocycles. The molecule has 0 aromatic rings. The monoisotopic (exact) mass is 236 g/mol. The molecule has 1 rings (SSSR count). The summed E-state index contributed by atoms with van der Waals surface area (Å²) in [5.41, 5.74) is 5.28. The van der Waals surface area contributed by atoms with Crippen LogP contribution in [0.1, 0.15) is 25.7 Å². The number of nitrogens with one attached hydrogen (secondary N) is 1. The summed E-state index contributed by atoms with van der Waals surface area (Å²) >= 11 is 0. The number of ether oxygens (including phenoxy) is 1. The minimum atomic E-state index is 0. The predicted molar refractivity (Wildman–Crippen MR) is 62.1 cm³/mol. The molecule has 5 heteroatoms. The lowest BCUT2D eigenvalue weighted by atomic mass is 9.95. The smallest absolute Gasteiger partial charge is 0.220 e. The fraction of sp³-hybridized carbons (Fsp3) is 0.900. The Labute approximate surface area is 97.3 Å². The van der Waals surface area contributed by atoms with E-state index in [4.69, 9.17) is 10.5 Å². The molecule has 1 saturated heterocycles. The van der Waals surface area contributed by atoms with Crippen LogP contribution in [0.5, 0.6) is 0 Å². The molecule has 15 heavy (non-hydrogen) atoms. The van der Waals surface area contributed by atoms with Crippen LogP contribution >= 0.6 is 12.4 Å². The van der Waals surface area contributed by atoms with Gasteiger partial charge in [0.2, 0.25) is 5.91 Å². The number of nitrogens with two attached hydrogens (primary N) is 1. The molecular formula is C10H21ClN2O2. The minimum absolute atomic E-state index is 0. The van der Waals surface area contributed by atoms with E-state index in [2.05, 4.69) is 5.32 Å². The standard InChI is InChI=1S/C10H20N2O2.ClH/c11-5-6-12-10(13)2-1-9-3-7-14-8-4-9;/h9H,1-8,11H2,(H,12,13);1H. The maximum atomic E-state index is 11.2. The zero-order chi connectivity index (χ0) is 10.2. The van der Waals surface area contributed by atoms with Crippen LogP contribution in [0.25, 0.3) is 0 Å². The van der Waals surface area contributed by atoms with Crippen molar-refractivity contribution in [1.29, 1.82) is 0 Å². The number of hydrogen-bond acceptors (Lipinski definition) is 3. The van der Waals surface area contributed by atoms with E-state index in [1.807, 2.05) is 0 Å². The highest BCUT2D eigenvalue weighted by Crippen LogP contribution is 2.19. The molecule has 4 nitrogen and oxygen atoms in total. The third kappa shape index (κ3) is 6.71. The summed E-state index contributed by atoms with van der Waals surface area (Å²) in [4.78, 5) is 11.2. The third-order valence-corrected chi connectivity index (χ3v) is 2.59. The first-order valence-corrected chi connectivity index (χ1v) is 5.37. The summed E-state index contributed by atoms with van der Waals surface area (Å²) in [6.45, 7) is 2.82. The molecule has 0 saturated carbocycles. The molecule has 0 aliphatic carbocycles. The maximum absolute atomic E-state index is 11.2. The van der Waals surface area contributed by atoms with Gasteiger partial charge in [0.1, 0.15) is 0 Å². The SMILES string of the molecule is Cl.NCCNC(=O)CCC1CCOCC1. The number of rotatable bonds is 5. The average Bonchev–Trinajstić information content (AvgIpc) is 2.25. The van der Waals surface area contributed by atoms with Crippen LogP contribution in [-0.2, 0) is 9.53 Å². The van der Waals surface area contributed by atoms with Crippen molar-refractivity contribution in [2.75, 3.05) is 26.3 Å². The van der Waals surface area contributed by atoms with E-state index in [0.717, 1.165) is 32.5 Å². The molecule has 0 aromatic carbocycles. The van der Waals surface area contributed by atoms with Crippen molar-refractivity contribution in [1.82, 2.24) is 5.32 Å². The molecule has 0 radical (unpaired) electrons. The molecule has 1 aliphatic rings. The Kier molecular flexibility index (Phi) is 8.76. The van der Waals surface area contributed by atoms with Crippen LogP contribution in [0.3, 0.4) is 0 Å². The van der Waals surface area contributed by atoms with Crippen LogP contribution in [0, 0.1) is 5.92 Å². The Hall–Kier alpha value is -0.320. The summed E-state index contributed by atoms with van der Waals surface area (Å²) < 4.78 is 5.25. The molecule has 0 spiro atoms. The second kappa shape index (κ2) is 8.95. The van der Waals surface area contributed by atoms with E-state index in [-0.39, 0.29) is 18.3 Å². The lowest BCUT2D eigenvalue weighted by Gasteiger charge is -2.21. The van der Waals surface area contributed by atoms with Gasteiger partial charge in [-0.3, -0.25) is 4.79 Å². The van der Waals surface area contributed by atoms with Gasteiger partial charge >= 0.3 is 0 Å². The molecule has 0 aromatic heterocycles. The van der Waals surface area contributed by atoms with Crippen molar-refractivity contribution in [3.63, 3.8) is 0 Å². The third-order valence-electron chi connectivity index (χ3n) is 2.59. The van der Waals surface area contributed by atoms with E-state index in [0.29, 0.717) is 25.4 Å². The van der Waals surface area contributed by atoms with Gasteiger partial charge in [-0.2, -0.15) is 0 Å². The molecule has 1 heterocycles. The second-order valence-electron chi connectivity index (χ2n) is 3.73. The Morgan fingerprint density at radius 1 is 1.40 bits per heavy atom. The molecule has 1 fully saturated rings. The largest absolute Gasteiger partial charge is 0.381 e. The summed E-state index contributed by atoms with van der Waals surface area (Å²) in [7, 11) is 0. The van der Waals surface area contributed by atoms with E-state index in [9.17, 15) is 4.79 Å². The van der Waals surface area contributed by atoms with Gasteiger partial charge in [0.05, 0.1) is 0 Å². The van der Waals surface area contributed by atoms with Crippen molar-refractivity contribution in [3.8, 4) is 0 Å². The fourth-order valence-corrected chi connectivity index (χ4v) is 1.67. The van der Waals surface area contributed by atoms with Crippen LogP contribution in [0.2, 0.25) is 0 Å². The first kappa shape index (κ1) is 14.7. The number of hydrogen-bond donors (Lipinski definition) is 2. The Balaban J connectivity index is 0.00000196. The molecule has 90 valence electrons. The maximum Gasteiger partial charge on any atom is 0.220 e. The molecule has 0 bridgehead atoms. The van der Waals surface area contributed by atoms with Crippen molar-refractivity contribution in [3.05, 3.63) is 0 Å². The highest BCUT2D eigenvalue weighted by molar-refractivity contribution is 5.85. The molecular weight excluding hydrogens is 216 g/mol. The van der Waals surface area contributed by atoms with Gasteiger partial charge in [0.25, 0.3) is 0 Å². The molecule has 0 unspecified atom stereocenters. The van der Waals surface area contributed by atoms with Gasteiger partial charge in [-0.05, 0) is 25.2 Å². The van der Waals surface area contributed by atoms with Gasteiger partial charge in [-0.25, -0.2) is 0 Å². The highest BCUT2D eigenvalue weighted by Gasteiger charge is 2.14. The fourth-order valence-electron chi connectivity index (χ4n) is 1.67. The van der Waals surface area contributed by atoms with E-state index in [1.165, 1.54) is 0 Å². The van der Waals surface area contributed by atoms with E-state index >= 15 is 0 Å². The van der Waals surface area contributed by atoms with Crippen LogP contribution in [-0.4, -0.2) is 32.2 Å². The molecule has 1 amide bonds. The Morgan fingerprint density at radius 2 is 2.07 bits per heavy atom. The Morgan fingerprint density at radius 3 is 2.67 bits per heavy atom. The van der Waals surface area contributed by atoms with Crippen LogP contribution in [0.4, 0.5) is 0 Å². The quantitative estimate of drug-likeness (QED) is 0.738. The van der Waals surface area contributed by atoms with Crippen molar-refractivity contribution in [2.45, 2.75) is 25.7 Å². The first-order chi connectivity index (χ1) is 6.83. The highest BCUT2D eigenvalue weighted by atomic mass is 35.5. The molecule has 3 N–H and O–H groups in total. The van der Waals surface area contributed by atoms with Gasteiger partial charge in [0, 0.05) is 32.7 Å². The number of carbonyl (C=O) groups excluding carboxylic acids is 1. The number of carbonyl (C=O) groups is 1. The lowest BCUT2D eigenvalue weighted by molar-refractivity contribution is -0.121. The summed E-state index contributed by atoms with van der Waals surface area (Å²) in [5, 5.41) is 2.78. The van der Waals surface area contributed by atoms with Crippen LogP contribution < -0.4 is 11.1 Å². The van der Waals surface area contributed by atoms with E-state index < -0.39 is 0 Å².